The van der Waals surface area contributed by atoms with Crippen molar-refractivity contribution >= 4 is 5.69 Å². The minimum absolute atomic E-state index is 0.819. The lowest BCUT2D eigenvalue weighted by Crippen LogP contribution is -2.31. The van der Waals surface area contributed by atoms with E-state index in [1.54, 1.807) is 0 Å². The van der Waals surface area contributed by atoms with Crippen molar-refractivity contribution in [2.24, 2.45) is 0 Å². The smallest absolute Gasteiger partial charge is 0.0478 e. The monoisotopic (exact) mass is 234 g/mol. The van der Waals surface area contributed by atoms with Crippen LogP contribution in [0.1, 0.15) is 24.5 Å². The van der Waals surface area contributed by atoms with Crippen molar-refractivity contribution in [3.05, 3.63) is 29.3 Å². The molecule has 0 saturated carbocycles. The van der Waals surface area contributed by atoms with E-state index >= 15 is 0 Å². The average molecular weight is 234 g/mol. The molecule has 0 bridgehead atoms. The van der Waals surface area contributed by atoms with E-state index in [4.69, 9.17) is 10.5 Å². The number of anilines is 1. The van der Waals surface area contributed by atoms with E-state index in [9.17, 15) is 0 Å². The van der Waals surface area contributed by atoms with Gasteiger partial charge in [0.2, 0.25) is 0 Å². The summed E-state index contributed by atoms with van der Waals surface area (Å²) in [6, 6.07) is 6.29. The van der Waals surface area contributed by atoms with Gasteiger partial charge < -0.3 is 10.5 Å². The second kappa shape index (κ2) is 6.03. The fraction of sp³-hybridized carbons (Fsp3) is 0.571. The van der Waals surface area contributed by atoms with Crippen molar-refractivity contribution in [3.63, 3.8) is 0 Å². The molecular formula is C14H22N2O. The quantitative estimate of drug-likeness (QED) is 0.626. The molecule has 3 nitrogen and oxygen atoms in total. The van der Waals surface area contributed by atoms with Gasteiger partial charge in [0.25, 0.3) is 0 Å². The molecule has 0 fully saturated rings. The summed E-state index contributed by atoms with van der Waals surface area (Å²) < 4.78 is 5.37. The Morgan fingerprint density at radius 3 is 3.06 bits per heavy atom. The van der Waals surface area contributed by atoms with Gasteiger partial charge >= 0.3 is 0 Å². The number of hydrogen-bond donors (Lipinski definition) is 1. The van der Waals surface area contributed by atoms with Gasteiger partial charge in [-0.1, -0.05) is 6.07 Å². The van der Waals surface area contributed by atoms with Gasteiger partial charge in [0.05, 0.1) is 0 Å². The average Bonchev–Trinajstić information content (AvgIpc) is 2.34. The summed E-state index contributed by atoms with van der Waals surface area (Å²) in [6.45, 7) is 7.04. The molecule has 0 spiro atoms. The van der Waals surface area contributed by atoms with E-state index in [-0.39, 0.29) is 0 Å². The Morgan fingerprint density at radius 2 is 2.24 bits per heavy atom. The molecule has 2 N–H and O–H groups in total. The lowest BCUT2D eigenvalue weighted by molar-refractivity contribution is 0.129. The van der Waals surface area contributed by atoms with Gasteiger partial charge in [0, 0.05) is 38.5 Å². The predicted octanol–water partition coefficient (Wildman–Crippen LogP) is 2.05. The van der Waals surface area contributed by atoms with E-state index in [1.807, 2.05) is 13.0 Å². The lowest BCUT2D eigenvalue weighted by Gasteiger charge is -2.28. The number of benzene rings is 1. The van der Waals surface area contributed by atoms with Crippen LogP contribution in [-0.4, -0.2) is 31.2 Å². The highest BCUT2D eigenvalue weighted by Gasteiger charge is 2.15. The Kier molecular flexibility index (Phi) is 4.40. The molecule has 1 aromatic carbocycles. The molecule has 94 valence electrons. The van der Waals surface area contributed by atoms with E-state index < -0.39 is 0 Å². The maximum atomic E-state index is 5.83. The van der Waals surface area contributed by atoms with Crippen molar-refractivity contribution in [1.82, 2.24) is 4.90 Å². The fourth-order valence-corrected chi connectivity index (χ4v) is 2.36. The number of hydrogen-bond acceptors (Lipinski definition) is 3. The maximum absolute atomic E-state index is 5.83. The standard InChI is InChI=1S/C14H22N2O/c1-2-17-9-3-7-16-8-6-12-4-5-14(15)10-13(12)11-16/h4-5,10H,2-3,6-9,11,15H2,1H3. The highest BCUT2D eigenvalue weighted by Crippen LogP contribution is 2.21. The molecule has 1 aliphatic heterocycles. The van der Waals surface area contributed by atoms with Crippen LogP contribution in [-0.2, 0) is 17.7 Å². The second-order valence-corrected chi connectivity index (χ2v) is 4.60. The first kappa shape index (κ1) is 12.4. The molecule has 17 heavy (non-hydrogen) atoms. The molecule has 0 amide bonds. The first-order valence-electron chi connectivity index (χ1n) is 6.47. The van der Waals surface area contributed by atoms with Gasteiger partial charge in [0.1, 0.15) is 0 Å². The van der Waals surface area contributed by atoms with Gasteiger partial charge in [-0.25, -0.2) is 0 Å². The third-order valence-electron chi connectivity index (χ3n) is 3.29. The summed E-state index contributed by atoms with van der Waals surface area (Å²) in [5.74, 6) is 0. The summed E-state index contributed by atoms with van der Waals surface area (Å²) in [6.07, 6.45) is 2.26. The van der Waals surface area contributed by atoms with Gasteiger partial charge in [-0.15, -0.1) is 0 Å². The minimum atomic E-state index is 0.819. The van der Waals surface area contributed by atoms with Crippen LogP contribution in [0.15, 0.2) is 18.2 Å². The topological polar surface area (TPSA) is 38.5 Å². The number of nitrogens with zero attached hydrogens (tertiary/aromatic N) is 1. The van der Waals surface area contributed by atoms with Crippen LogP contribution in [0.5, 0.6) is 0 Å². The molecule has 0 radical (unpaired) electrons. The van der Waals surface area contributed by atoms with Crippen molar-refractivity contribution in [1.29, 1.82) is 0 Å². The van der Waals surface area contributed by atoms with Crippen LogP contribution in [0.3, 0.4) is 0 Å². The molecule has 1 aromatic rings. The van der Waals surface area contributed by atoms with Crippen LogP contribution in [0.2, 0.25) is 0 Å². The Hall–Kier alpha value is -1.06. The zero-order chi connectivity index (χ0) is 12.1. The van der Waals surface area contributed by atoms with Crippen LogP contribution >= 0.6 is 0 Å². The van der Waals surface area contributed by atoms with Crippen LogP contribution < -0.4 is 5.73 Å². The SMILES string of the molecule is CCOCCCN1CCc2ccc(N)cc2C1. The molecule has 2 rings (SSSR count). The van der Waals surface area contributed by atoms with Gasteiger partial charge in [-0.05, 0) is 43.0 Å². The maximum Gasteiger partial charge on any atom is 0.0478 e. The molecule has 1 aliphatic rings. The number of nitrogens with two attached hydrogens (primary N) is 1. The third kappa shape index (κ3) is 3.45. The number of rotatable bonds is 5. The molecule has 0 aromatic heterocycles. The first-order valence-corrected chi connectivity index (χ1v) is 6.47. The van der Waals surface area contributed by atoms with E-state index in [0.717, 1.165) is 51.4 Å². The predicted molar refractivity (Wildman–Crippen MR) is 70.9 cm³/mol. The molecular weight excluding hydrogens is 212 g/mol. The summed E-state index contributed by atoms with van der Waals surface area (Å²) in [5, 5.41) is 0. The van der Waals surface area contributed by atoms with Crippen LogP contribution in [0.4, 0.5) is 5.69 Å². The normalized spacial score (nSPS) is 15.8. The first-order chi connectivity index (χ1) is 8.29. The molecule has 0 unspecified atom stereocenters. The van der Waals surface area contributed by atoms with Crippen LogP contribution in [0.25, 0.3) is 0 Å². The lowest BCUT2D eigenvalue weighted by atomic mass is 9.99. The Morgan fingerprint density at radius 1 is 1.35 bits per heavy atom. The summed E-state index contributed by atoms with van der Waals surface area (Å²) in [5.41, 5.74) is 9.56. The Labute approximate surface area is 104 Å². The molecule has 0 aliphatic carbocycles. The van der Waals surface area contributed by atoms with Crippen molar-refractivity contribution in [3.8, 4) is 0 Å². The zero-order valence-corrected chi connectivity index (χ0v) is 10.6. The number of nitrogen functional groups attached to an aromatic ring is 1. The Balaban J connectivity index is 1.85. The van der Waals surface area contributed by atoms with E-state index in [0.29, 0.717) is 0 Å². The second-order valence-electron chi connectivity index (χ2n) is 4.60. The highest BCUT2D eigenvalue weighted by molar-refractivity contribution is 5.45. The number of ether oxygens (including phenoxy) is 1. The third-order valence-corrected chi connectivity index (χ3v) is 3.29. The van der Waals surface area contributed by atoms with Gasteiger partial charge in [-0.3, -0.25) is 4.90 Å². The number of fused-ring (bicyclic) bond motifs is 1. The fourth-order valence-electron chi connectivity index (χ4n) is 2.36. The zero-order valence-electron chi connectivity index (χ0n) is 10.6. The van der Waals surface area contributed by atoms with Crippen LogP contribution in [0, 0.1) is 0 Å². The summed E-state index contributed by atoms with van der Waals surface area (Å²) >= 11 is 0. The van der Waals surface area contributed by atoms with Gasteiger partial charge in [0.15, 0.2) is 0 Å². The Bertz CT molecular complexity index is 365. The van der Waals surface area contributed by atoms with Crippen molar-refractivity contribution < 1.29 is 4.74 Å². The summed E-state index contributed by atoms with van der Waals surface area (Å²) in [7, 11) is 0. The van der Waals surface area contributed by atoms with Gasteiger partial charge in [-0.2, -0.15) is 0 Å². The largest absolute Gasteiger partial charge is 0.399 e. The van der Waals surface area contributed by atoms with E-state index in [2.05, 4.69) is 17.0 Å². The van der Waals surface area contributed by atoms with Crippen molar-refractivity contribution in [2.75, 3.05) is 32.0 Å². The summed E-state index contributed by atoms with van der Waals surface area (Å²) in [4.78, 5) is 2.49. The van der Waals surface area contributed by atoms with E-state index in [1.165, 1.54) is 11.1 Å². The molecule has 1 heterocycles. The minimum Gasteiger partial charge on any atom is -0.399 e. The molecule has 0 saturated heterocycles. The molecule has 0 atom stereocenters. The highest BCUT2D eigenvalue weighted by atomic mass is 16.5. The molecule has 3 heteroatoms. The van der Waals surface area contributed by atoms with Crippen molar-refractivity contribution in [2.45, 2.75) is 26.3 Å².